The predicted octanol–water partition coefficient (Wildman–Crippen LogP) is 29.9. The lowest BCUT2D eigenvalue weighted by Gasteiger charge is -2.08. The zero-order chi connectivity index (χ0) is 76.5. The highest BCUT2D eigenvalue weighted by molar-refractivity contribution is 7.27. The van der Waals surface area contributed by atoms with Crippen LogP contribution in [0.25, 0.3) is 219 Å². The number of para-hydroxylation sites is 5. The van der Waals surface area contributed by atoms with Crippen LogP contribution in [0, 0.1) is 0 Å². The van der Waals surface area contributed by atoms with Crippen LogP contribution in [0.1, 0.15) is 0 Å². The van der Waals surface area contributed by atoms with E-state index in [1.54, 1.807) is 45.3 Å². The van der Waals surface area contributed by atoms with Gasteiger partial charge in [0.25, 0.3) is 0 Å². The third-order valence-electron chi connectivity index (χ3n) is 21.1. The summed E-state index contributed by atoms with van der Waals surface area (Å²) in [5.74, 6) is 0. The normalized spacial score (nSPS) is 11.8. The number of hydrogen-bond acceptors (Lipinski definition) is 14. The first-order valence-corrected chi connectivity index (χ1v) is 41.6. The fourth-order valence-electron chi connectivity index (χ4n) is 16.0. The Kier molecular flexibility index (Phi) is 16.9. The Morgan fingerprint density at radius 1 is 0.243 bits per heavy atom. The van der Waals surface area contributed by atoms with Gasteiger partial charge in [-0.2, -0.15) is 0 Å². The standard InChI is InChI=1S/C28H16ClN3S.C24H13ClN2S.2C22H11ClN2OS/c29-28-30-25(27-26(31-28)20-11-5-7-13-24(20)33-27)17-14-15-23-21(16-17)19-10-4-6-12-22(19)32(23)18-8-2-1-3-9-18;25-24-26-21(23-22(27-24)19-7-3-4-8-20(19)28-23)16-11-12-18-15(13-16)10-9-14-5-1-2-6-17(14)18;23-22-24-18-14-7-2-4-11-17(14)27-21(18)19(25-22)15-9-5-8-13-12-6-1-3-10-16(12)26-20(13)15;23-22-24-19(21-20(25-22)14-6-2-4-8-18(14)27-21)12-9-10-17-15(11-12)13-5-1-3-7-16(13)26-17/h1-16H;1-13H;2*1-11H. The molecular weight excluding hydrogens is 1580 g/mol. The lowest BCUT2D eigenvalue weighted by molar-refractivity contribution is 0.669. The highest BCUT2D eigenvalue weighted by atomic mass is 35.5. The number of rotatable bonds is 5. The van der Waals surface area contributed by atoms with Crippen LogP contribution in [0.3, 0.4) is 0 Å². The molecule has 19 heteroatoms. The van der Waals surface area contributed by atoms with Gasteiger partial charge in [-0.1, -0.05) is 212 Å². The Hall–Kier alpha value is -12.6. The van der Waals surface area contributed by atoms with Gasteiger partial charge < -0.3 is 13.4 Å². The summed E-state index contributed by atoms with van der Waals surface area (Å²) in [7, 11) is 0. The van der Waals surface area contributed by atoms with Gasteiger partial charge >= 0.3 is 0 Å². The van der Waals surface area contributed by atoms with Crippen molar-refractivity contribution in [2.24, 2.45) is 0 Å². The Labute approximate surface area is 688 Å². The quantitative estimate of drug-likeness (QED) is 0.121. The molecule has 0 fully saturated rings. The van der Waals surface area contributed by atoms with Gasteiger partial charge in [0.05, 0.1) is 74.7 Å². The zero-order valence-electron chi connectivity index (χ0n) is 59.9. The van der Waals surface area contributed by atoms with Crippen LogP contribution >= 0.6 is 91.8 Å². The minimum atomic E-state index is 0.245. The SMILES string of the molecule is Clc1nc(-c2ccc3c(c2)c2ccccc2n3-c2ccccc2)c2sc3ccccc3c2n1.Clc1nc(-c2ccc3c(ccc4ccccc43)c2)c2sc3ccccc3c2n1.Clc1nc(-c2ccc3oc4ccccc4c3c2)c2sc3ccccc3c2n1.Clc1nc(-c2cccc3c2oc2ccccc23)c2sc3ccccc3c2n1. The van der Waals surface area contributed by atoms with E-state index in [9.17, 15) is 0 Å². The van der Waals surface area contributed by atoms with E-state index in [4.69, 9.17) is 55.2 Å². The van der Waals surface area contributed by atoms with Gasteiger partial charge in [-0.15, -0.1) is 45.3 Å². The monoisotopic (exact) mass is 1630 g/mol. The third-order valence-corrected chi connectivity index (χ3v) is 26.4. The third kappa shape index (κ3) is 12.0. The second-order valence-electron chi connectivity index (χ2n) is 27.7. The Balaban J connectivity index is 0.0000000936. The Morgan fingerprint density at radius 2 is 0.626 bits per heavy atom. The fourth-order valence-corrected chi connectivity index (χ4v) is 21.2. The van der Waals surface area contributed by atoms with Gasteiger partial charge in [0.15, 0.2) is 0 Å². The molecule has 14 aromatic carbocycles. The van der Waals surface area contributed by atoms with Crippen molar-refractivity contribution in [2.45, 2.75) is 0 Å². The minimum absolute atomic E-state index is 0.245. The number of fused-ring (bicyclic) bond motifs is 24. The topological polar surface area (TPSA) is 134 Å². The van der Waals surface area contributed by atoms with E-state index >= 15 is 0 Å². The summed E-state index contributed by atoms with van der Waals surface area (Å²) in [6, 6.07) is 106. The van der Waals surface area contributed by atoms with E-state index in [2.05, 4.69) is 245 Å². The van der Waals surface area contributed by atoms with Crippen molar-refractivity contribution in [1.82, 2.24) is 44.4 Å². The summed E-state index contributed by atoms with van der Waals surface area (Å²) in [5, 5.41) is 17.2. The van der Waals surface area contributed by atoms with Gasteiger partial charge in [0, 0.05) is 101 Å². The maximum Gasteiger partial charge on any atom is 0.223 e. The van der Waals surface area contributed by atoms with E-state index < -0.39 is 0 Å². The van der Waals surface area contributed by atoms with Gasteiger partial charge in [0.1, 0.15) is 22.3 Å². The van der Waals surface area contributed by atoms with Gasteiger partial charge in [-0.25, -0.2) is 39.9 Å². The van der Waals surface area contributed by atoms with Crippen LogP contribution in [0.4, 0.5) is 0 Å². The molecule has 0 bridgehead atoms. The van der Waals surface area contributed by atoms with Gasteiger partial charge in [0.2, 0.25) is 21.1 Å². The van der Waals surface area contributed by atoms with Crippen molar-refractivity contribution in [2.75, 3.05) is 0 Å². The average molecular weight is 1630 g/mol. The summed E-state index contributed by atoms with van der Waals surface area (Å²) < 4.78 is 23.4. The minimum Gasteiger partial charge on any atom is -0.456 e. The number of benzene rings is 14. The van der Waals surface area contributed by atoms with Crippen LogP contribution in [0.15, 0.2) is 318 Å². The first-order valence-electron chi connectivity index (χ1n) is 36.9. The summed E-state index contributed by atoms with van der Waals surface area (Å²) in [6.45, 7) is 0. The van der Waals surface area contributed by atoms with Crippen LogP contribution in [-0.2, 0) is 0 Å². The molecule has 11 nitrogen and oxygen atoms in total. The number of halogens is 4. The molecule has 11 heterocycles. The molecule has 0 aliphatic carbocycles. The van der Waals surface area contributed by atoms with Crippen molar-refractivity contribution in [3.63, 3.8) is 0 Å². The van der Waals surface area contributed by atoms with Crippen LogP contribution in [0.2, 0.25) is 21.1 Å². The van der Waals surface area contributed by atoms with Crippen LogP contribution in [0.5, 0.6) is 0 Å². The lowest BCUT2D eigenvalue weighted by Crippen LogP contribution is -1.93. The molecule has 0 amide bonds. The number of thiophene rings is 4. The highest BCUT2D eigenvalue weighted by Gasteiger charge is 2.24. The maximum absolute atomic E-state index is 6.41. The molecule has 0 saturated carbocycles. The highest BCUT2D eigenvalue weighted by Crippen LogP contribution is 2.47. The maximum atomic E-state index is 6.41. The second-order valence-corrected chi connectivity index (χ2v) is 33.3. The molecule has 0 N–H and O–H groups in total. The van der Waals surface area contributed by atoms with Crippen LogP contribution in [-0.4, -0.2) is 44.4 Å². The van der Waals surface area contributed by atoms with Crippen molar-refractivity contribution in [3.05, 3.63) is 331 Å². The van der Waals surface area contributed by atoms with Gasteiger partial charge in [-0.05, 0) is 165 Å². The summed E-state index contributed by atoms with van der Waals surface area (Å²) in [6.07, 6.45) is 0. The van der Waals surface area contributed by atoms with Gasteiger partial charge in [-0.3, -0.25) is 0 Å². The molecule has 25 rings (SSSR count). The molecule has 25 aromatic rings. The largest absolute Gasteiger partial charge is 0.456 e. The van der Waals surface area contributed by atoms with E-state index in [0.29, 0.717) is 0 Å². The molecule has 11 aromatic heterocycles. The molecule has 0 aliphatic rings. The number of furan rings is 2. The van der Waals surface area contributed by atoms with Crippen LogP contribution < -0.4 is 0 Å². The van der Waals surface area contributed by atoms with E-state index in [0.717, 1.165) is 157 Å². The smallest absolute Gasteiger partial charge is 0.223 e. The number of nitrogens with zero attached hydrogens (tertiary/aromatic N) is 9. The average Bonchev–Trinajstić information content (AvgIpc) is 1.69. The lowest BCUT2D eigenvalue weighted by atomic mass is 9.99. The number of aromatic nitrogens is 9. The van der Waals surface area contributed by atoms with Crippen molar-refractivity contribution in [1.29, 1.82) is 0 Å². The van der Waals surface area contributed by atoms with E-state index in [-0.39, 0.29) is 21.1 Å². The van der Waals surface area contributed by atoms with Crippen molar-refractivity contribution >= 4 is 260 Å². The molecule has 0 radical (unpaired) electrons. The Bertz CT molecular complexity index is 8290. The molecule has 0 saturated heterocycles. The predicted molar refractivity (Wildman–Crippen MR) is 485 cm³/mol. The fraction of sp³-hybridized carbons (Fsp3) is 0. The zero-order valence-corrected chi connectivity index (χ0v) is 66.2. The molecular formula is C96H51Cl4N9O2S4. The first-order chi connectivity index (χ1) is 56.6. The van der Waals surface area contributed by atoms with E-state index in [1.165, 1.54) is 62.2 Å². The molecule has 0 spiro atoms. The molecule has 544 valence electrons. The Morgan fingerprint density at radius 3 is 1.19 bits per heavy atom. The summed E-state index contributed by atoms with van der Waals surface area (Å²) in [5.41, 5.74) is 18.1. The molecule has 115 heavy (non-hydrogen) atoms. The van der Waals surface area contributed by atoms with Crippen molar-refractivity contribution < 1.29 is 8.83 Å². The molecule has 0 atom stereocenters. The number of hydrogen-bond donors (Lipinski definition) is 0. The molecule has 0 aliphatic heterocycles. The first kappa shape index (κ1) is 69.1. The summed E-state index contributed by atoms with van der Waals surface area (Å²) in [4.78, 5) is 36.5. The van der Waals surface area contributed by atoms with E-state index in [1.807, 2.05) is 109 Å². The second kappa shape index (κ2) is 28.2. The molecule has 0 unspecified atom stereocenters. The van der Waals surface area contributed by atoms with Crippen molar-refractivity contribution in [3.8, 4) is 50.7 Å². The summed E-state index contributed by atoms with van der Waals surface area (Å²) >= 11 is 32.1.